The molecule has 0 radical (unpaired) electrons. The fourth-order valence-corrected chi connectivity index (χ4v) is 5.01. The first-order valence-corrected chi connectivity index (χ1v) is 11.4. The Morgan fingerprint density at radius 3 is 2.81 bits per heavy atom. The lowest BCUT2D eigenvalue weighted by molar-refractivity contribution is -0.147. The molecule has 5 rings (SSSR count). The predicted molar refractivity (Wildman–Crippen MR) is 122 cm³/mol. The molecule has 0 spiro atoms. The van der Waals surface area contributed by atoms with Crippen LogP contribution < -0.4 is 4.74 Å². The fourth-order valence-electron chi connectivity index (χ4n) is 4.46. The van der Waals surface area contributed by atoms with Gasteiger partial charge in [0.15, 0.2) is 5.78 Å². The van der Waals surface area contributed by atoms with Gasteiger partial charge in [-0.3, -0.25) is 9.59 Å². The Morgan fingerprint density at radius 2 is 2.06 bits per heavy atom. The van der Waals surface area contributed by atoms with E-state index in [2.05, 4.69) is 15.9 Å². The minimum atomic E-state index is -0.493. The smallest absolute Gasteiger partial charge is 0.313 e. The normalized spacial score (nSPS) is 18.9. The van der Waals surface area contributed by atoms with Crippen molar-refractivity contribution in [1.82, 2.24) is 4.57 Å². The van der Waals surface area contributed by atoms with Gasteiger partial charge in [-0.15, -0.1) is 0 Å². The van der Waals surface area contributed by atoms with Gasteiger partial charge in [-0.25, -0.2) is 0 Å². The van der Waals surface area contributed by atoms with Gasteiger partial charge >= 0.3 is 5.97 Å². The molecule has 3 aromatic rings. The number of fused-ring (bicyclic) bond motifs is 2. The molecule has 0 N–H and O–H groups in total. The number of methoxy groups -OCH3 is 1. The minimum absolute atomic E-state index is 0.0413. The number of nitrogens with zero attached hydrogens (tertiary/aromatic N) is 1. The highest BCUT2D eigenvalue weighted by molar-refractivity contribution is 9.10. The molecule has 0 amide bonds. The predicted octanol–water partition coefficient (Wildman–Crippen LogP) is 5.44. The Kier molecular flexibility index (Phi) is 5.10. The molecule has 1 saturated carbocycles. The first-order chi connectivity index (χ1) is 14.9. The van der Waals surface area contributed by atoms with E-state index in [0.29, 0.717) is 30.2 Å². The average molecular weight is 503 g/mol. The van der Waals surface area contributed by atoms with Crippen LogP contribution >= 0.6 is 27.5 Å². The SMILES string of the molecule is COC(=O)C1(Cn2cc(C(=O)C3COc4ccc(Cl)cc4C3)c3ccc(Br)cc32)CC1. The summed E-state index contributed by atoms with van der Waals surface area (Å²) in [5, 5.41) is 1.51. The summed E-state index contributed by atoms with van der Waals surface area (Å²) in [5.74, 6) is 0.351. The number of halogens is 2. The van der Waals surface area contributed by atoms with Crippen molar-refractivity contribution in [3.05, 3.63) is 63.2 Å². The summed E-state index contributed by atoms with van der Waals surface area (Å²) in [7, 11) is 1.43. The van der Waals surface area contributed by atoms with E-state index < -0.39 is 5.41 Å². The highest BCUT2D eigenvalue weighted by Gasteiger charge is 2.51. The number of ether oxygens (including phenoxy) is 2. The number of esters is 1. The minimum Gasteiger partial charge on any atom is -0.493 e. The molecule has 160 valence electrons. The molecular formula is C24H21BrClNO4. The van der Waals surface area contributed by atoms with E-state index in [1.165, 1.54) is 7.11 Å². The largest absolute Gasteiger partial charge is 0.493 e. The molecule has 1 aromatic heterocycles. The third-order valence-electron chi connectivity index (χ3n) is 6.35. The van der Waals surface area contributed by atoms with Crippen LogP contribution in [0.5, 0.6) is 5.75 Å². The van der Waals surface area contributed by atoms with Crippen LogP contribution in [0.1, 0.15) is 28.8 Å². The summed E-state index contributed by atoms with van der Waals surface area (Å²) in [4.78, 5) is 25.8. The number of hydrogen-bond acceptors (Lipinski definition) is 4. The van der Waals surface area contributed by atoms with Crippen molar-refractivity contribution < 1.29 is 19.1 Å². The van der Waals surface area contributed by atoms with Crippen LogP contribution in [-0.2, 0) is 22.5 Å². The van der Waals surface area contributed by atoms with Crippen LogP contribution in [0.2, 0.25) is 5.02 Å². The van der Waals surface area contributed by atoms with Gasteiger partial charge in [0.25, 0.3) is 0 Å². The maximum atomic E-state index is 13.5. The Hall–Kier alpha value is -2.31. The van der Waals surface area contributed by atoms with Gasteiger partial charge in [0, 0.05) is 38.7 Å². The van der Waals surface area contributed by atoms with Crippen LogP contribution in [0, 0.1) is 11.3 Å². The topological polar surface area (TPSA) is 57.5 Å². The molecule has 1 aliphatic heterocycles. The maximum Gasteiger partial charge on any atom is 0.313 e. The van der Waals surface area contributed by atoms with Crippen molar-refractivity contribution in [3.63, 3.8) is 0 Å². The van der Waals surface area contributed by atoms with Crippen LogP contribution in [0.4, 0.5) is 0 Å². The Labute approximate surface area is 193 Å². The second kappa shape index (κ2) is 7.68. The van der Waals surface area contributed by atoms with Gasteiger partial charge in [0.1, 0.15) is 5.75 Å². The number of rotatable bonds is 5. The lowest BCUT2D eigenvalue weighted by Crippen LogP contribution is -2.28. The summed E-state index contributed by atoms with van der Waals surface area (Å²) >= 11 is 9.67. The molecule has 5 nitrogen and oxygen atoms in total. The zero-order chi connectivity index (χ0) is 21.8. The van der Waals surface area contributed by atoms with E-state index in [-0.39, 0.29) is 17.7 Å². The summed E-state index contributed by atoms with van der Waals surface area (Å²) in [6.45, 7) is 0.836. The molecule has 1 aliphatic carbocycles. The number of ketones is 1. The van der Waals surface area contributed by atoms with Gasteiger partial charge in [0.05, 0.1) is 25.0 Å². The lowest BCUT2D eigenvalue weighted by Gasteiger charge is -2.24. The summed E-state index contributed by atoms with van der Waals surface area (Å²) < 4.78 is 13.8. The third kappa shape index (κ3) is 3.66. The van der Waals surface area contributed by atoms with Gasteiger partial charge in [-0.05, 0) is 55.2 Å². The fraction of sp³-hybridized carbons (Fsp3) is 0.333. The standard InChI is InChI=1S/C24H21BrClNO4/c1-30-23(29)24(6-7-24)13-27-11-19(18-4-2-16(25)10-20(18)27)22(28)15-8-14-9-17(26)3-5-21(14)31-12-15/h2-5,9-11,15H,6-8,12-13H2,1H3. The van der Waals surface area contributed by atoms with E-state index in [4.69, 9.17) is 21.1 Å². The number of hydrogen-bond donors (Lipinski definition) is 0. The molecule has 1 unspecified atom stereocenters. The first kappa shape index (κ1) is 20.6. The lowest BCUT2D eigenvalue weighted by atomic mass is 9.89. The highest BCUT2D eigenvalue weighted by atomic mass is 79.9. The molecular weight excluding hydrogens is 482 g/mol. The van der Waals surface area contributed by atoms with E-state index >= 15 is 0 Å². The Balaban J connectivity index is 1.50. The van der Waals surface area contributed by atoms with E-state index in [1.54, 1.807) is 6.07 Å². The third-order valence-corrected chi connectivity index (χ3v) is 7.08. The van der Waals surface area contributed by atoms with Crippen molar-refractivity contribution in [1.29, 1.82) is 0 Å². The van der Waals surface area contributed by atoms with Crippen LogP contribution in [0.15, 0.2) is 47.1 Å². The van der Waals surface area contributed by atoms with Crippen molar-refractivity contribution >= 4 is 50.2 Å². The number of carbonyl (C=O) groups excluding carboxylic acids is 2. The van der Waals surface area contributed by atoms with Gasteiger partial charge in [-0.1, -0.05) is 33.6 Å². The molecule has 1 atom stereocenters. The quantitative estimate of drug-likeness (QED) is 0.344. The zero-order valence-electron chi connectivity index (χ0n) is 17.0. The van der Waals surface area contributed by atoms with Crippen LogP contribution in [-0.4, -0.2) is 30.0 Å². The second-order valence-electron chi connectivity index (χ2n) is 8.43. The number of aromatic nitrogens is 1. The number of Topliss-reactive ketones (excluding diaryl/α,β-unsaturated/α-hetero) is 1. The number of benzene rings is 2. The second-order valence-corrected chi connectivity index (χ2v) is 9.78. The van der Waals surface area contributed by atoms with E-state index in [9.17, 15) is 9.59 Å². The van der Waals surface area contributed by atoms with Crippen molar-refractivity contribution in [2.45, 2.75) is 25.8 Å². The molecule has 31 heavy (non-hydrogen) atoms. The first-order valence-electron chi connectivity index (χ1n) is 10.2. The van der Waals surface area contributed by atoms with Crippen molar-refractivity contribution in [3.8, 4) is 5.75 Å². The molecule has 0 bridgehead atoms. The molecule has 2 aliphatic rings. The Morgan fingerprint density at radius 1 is 1.26 bits per heavy atom. The highest BCUT2D eigenvalue weighted by Crippen LogP contribution is 2.49. The monoisotopic (exact) mass is 501 g/mol. The van der Waals surface area contributed by atoms with Gasteiger partial charge < -0.3 is 14.0 Å². The van der Waals surface area contributed by atoms with Gasteiger partial charge in [-0.2, -0.15) is 0 Å². The number of carbonyl (C=O) groups is 2. The van der Waals surface area contributed by atoms with Crippen LogP contribution in [0.25, 0.3) is 10.9 Å². The zero-order valence-corrected chi connectivity index (χ0v) is 19.3. The molecule has 2 heterocycles. The molecule has 1 fully saturated rings. The summed E-state index contributed by atoms with van der Waals surface area (Å²) in [6, 6.07) is 11.4. The maximum absolute atomic E-state index is 13.5. The van der Waals surface area contributed by atoms with Gasteiger partial charge in [0.2, 0.25) is 0 Å². The Bertz CT molecular complexity index is 1210. The average Bonchev–Trinajstić information content (AvgIpc) is 3.48. The van der Waals surface area contributed by atoms with Crippen molar-refractivity contribution in [2.24, 2.45) is 11.3 Å². The molecule has 7 heteroatoms. The molecule has 2 aromatic carbocycles. The van der Waals surface area contributed by atoms with E-state index in [1.807, 2.05) is 41.1 Å². The van der Waals surface area contributed by atoms with E-state index in [0.717, 1.165) is 39.5 Å². The summed E-state index contributed by atoms with van der Waals surface area (Å²) in [5.41, 5.74) is 2.04. The van der Waals surface area contributed by atoms with Crippen molar-refractivity contribution in [2.75, 3.05) is 13.7 Å². The molecule has 0 saturated heterocycles. The summed E-state index contributed by atoms with van der Waals surface area (Å²) in [6.07, 6.45) is 4.06. The van der Waals surface area contributed by atoms with Crippen LogP contribution in [0.3, 0.4) is 0 Å².